The van der Waals surface area contributed by atoms with Crippen LogP contribution in [0.4, 0.5) is 0 Å². The Kier molecular flexibility index (Phi) is 7.84. The molecule has 4 atom stereocenters. The minimum Gasteiger partial charge on any atom is -0.472 e. The Morgan fingerprint density at radius 3 is 2.80 bits per heavy atom. The zero-order chi connectivity index (χ0) is 21.6. The van der Waals surface area contributed by atoms with Crippen molar-refractivity contribution in [3.05, 3.63) is 36.3 Å². The van der Waals surface area contributed by atoms with E-state index in [1.54, 1.807) is 6.26 Å². The van der Waals surface area contributed by atoms with Crippen LogP contribution >= 0.6 is 0 Å². The quantitative estimate of drug-likeness (QED) is 0.421. The summed E-state index contributed by atoms with van der Waals surface area (Å²) in [5.74, 6) is 1.21. The fraction of sp³-hybridized carbons (Fsp3) is 0.731. The number of allylic oxidation sites excluding steroid dienone is 1. The molecule has 2 aliphatic rings. The molecule has 4 N–H and O–H groups in total. The SMILES string of the molecule is C=C1CC[C@H]2[C@@](C)(CCC[C@@]2(C)C(=O)NCCCCCC[NH3+])[C@H]1CCc1ccoc1. The van der Waals surface area contributed by atoms with Crippen LogP contribution in [0.1, 0.15) is 83.6 Å². The number of carbonyl (C=O) groups excluding carboxylic acids is 1. The first-order chi connectivity index (χ1) is 14.4. The molecule has 30 heavy (non-hydrogen) atoms. The van der Waals surface area contributed by atoms with Gasteiger partial charge in [-0.3, -0.25) is 4.79 Å². The molecular formula is C26H43N2O2+. The maximum atomic E-state index is 13.4. The summed E-state index contributed by atoms with van der Waals surface area (Å²) in [7, 11) is 0. The van der Waals surface area contributed by atoms with Gasteiger partial charge in [0.05, 0.1) is 19.1 Å². The minimum absolute atomic E-state index is 0.164. The number of unbranched alkanes of at least 4 members (excludes halogenated alkanes) is 3. The van der Waals surface area contributed by atoms with Gasteiger partial charge in [-0.1, -0.05) is 38.8 Å². The fourth-order valence-electron chi connectivity index (χ4n) is 6.56. The van der Waals surface area contributed by atoms with Gasteiger partial charge in [0.15, 0.2) is 0 Å². The Labute approximate surface area is 183 Å². The topological polar surface area (TPSA) is 69.9 Å². The molecular weight excluding hydrogens is 372 g/mol. The first-order valence-electron chi connectivity index (χ1n) is 12.2. The van der Waals surface area contributed by atoms with Gasteiger partial charge in [-0.2, -0.15) is 0 Å². The lowest BCUT2D eigenvalue weighted by atomic mass is 9.46. The number of rotatable bonds is 10. The van der Waals surface area contributed by atoms with E-state index in [0.29, 0.717) is 11.8 Å². The average molecular weight is 416 g/mol. The maximum absolute atomic E-state index is 13.4. The molecule has 1 aromatic heterocycles. The Morgan fingerprint density at radius 1 is 1.27 bits per heavy atom. The first-order valence-corrected chi connectivity index (χ1v) is 12.2. The van der Waals surface area contributed by atoms with Gasteiger partial charge in [-0.15, -0.1) is 0 Å². The molecule has 1 heterocycles. The van der Waals surface area contributed by atoms with E-state index in [2.05, 4.69) is 37.5 Å². The van der Waals surface area contributed by atoms with E-state index in [1.165, 1.54) is 36.8 Å². The molecule has 2 fully saturated rings. The predicted octanol–water partition coefficient (Wildman–Crippen LogP) is 4.91. The molecule has 0 saturated heterocycles. The molecule has 3 rings (SSSR count). The molecule has 1 amide bonds. The van der Waals surface area contributed by atoms with E-state index in [9.17, 15) is 4.79 Å². The van der Waals surface area contributed by atoms with Crippen molar-refractivity contribution in [3.8, 4) is 0 Å². The maximum Gasteiger partial charge on any atom is 0.226 e. The van der Waals surface area contributed by atoms with E-state index in [-0.39, 0.29) is 16.7 Å². The molecule has 0 radical (unpaired) electrons. The zero-order valence-electron chi connectivity index (χ0n) is 19.3. The zero-order valence-corrected chi connectivity index (χ0v) is 19.3. The number of hydrogen-bond acceptors (Lipinski definition) is 2. The van der Waals surface area contributed by atoms with Gasteiger partial charge in [0, 0.05) is 12.0 Å². The fourth-order valence-corrected chi connectivity index (χ4v) is 6.56. The Balaban J connectivity index is 1.65. The van der Waals surface area contributed by atoms with Gasteiger partial charge in [0.1, 0.15) is 0 Å². The molecule has 4 heteroatoms. The summed E-state index contributed by atoms with van der Waals surface area (Å²) in [5.41, 5.74) is 6.48. The normalized spacial score (nSPS) is 31.4. The van der Waals surface area contributed by atoms with Crippen LogP contribution in [0.25, 0.3) is 0 Å². The Hall–Kier alpha value is -1.55. The second-order valence-electron chi connectivity index (χ2n) is 10.3. The first kappa shape index (κ1) is 23.1. The molecule has 2 aliphatic carbocycles. The van der Waals surface area contributed by atoms with Crippen LogP contribution in [0.5, 0.6) is 0 Å². The van der Waals surface area contributed by atoms with Crippen LogP contribution in [-0.4, -0.2) is 19.0 Å². The number of carbonyl (C=O) groups is 1. The van der Waals surface area contributed by atoms with Crippen molar-refractivity contribution in [2.45, 2.75) is 84.5 Å². The molecule has 4 nitrogen and oxygen atoms in total. The third kappa shape index (κ3) is 4.85. The summed E-state index contributed by atoms with van der Waals surface area (Å²) >= 11 is 0. The van der Waals surface area contributed by atoms with E-state index < -0.39 is 0 Å². The Morgan fingerprint density at radius 2 is 2.07 bits per heavy atom. The molecule has 0 unspecified atom stereocenters. The van der Waals surface area contributed by atoms with Crippen molar-refractivity contribution in [2.24, 2.45) is 22.7 Å². The number of aryl methyl sites for hydroxylation is 1. The molecule has 0 aromatic carbocycles. The van der Waals surface area contributed by atoms with Gasteiger partial charge >= 0.3 is 0 Å². The third-order valence-electron chi connectivity index (χ3n) is 8.30. The Bertz CT molecular complexity index is 698. The highest BCUT2D eigenvalue weighted by Gasteiger charge is 2.56. The van der Waals surface area contributed by atoms with Crippen molar-refractivity contribution in [1.82, 2.24) is 5.32 Å². The summed E-state index contributed by atoms with van der Waals surface area (Å²) in [6.07, 6.45) is 15.9. The highest BCUT2D eigenvalue weighted by atomic mass is 16.3. The second kappa shape index (κ2) is 10.2. The van der Waals surface area contributed by atoms with Crippen LogP contribution < -0.4 is 11.1 Å². The van der Waals surface area contributed by atoms with E-state index in [1.807, 2.05) is 6.26 Å². The smallest absolute Gasteiger partial charge is 0.226 e. The van der Waals surface area contributed by atoms with Gasteiger partial charge < -0.3 is 15.5 Å². The summed E-state index contributed by atoms with van der Waals surface area (Å²) in [5, 5.41) is 3.31. The van der Waals surface area contributed by atoms with Gasteiger partial charge in [-0.05, 0) is 86.7 Å². The number of hydrogen-bond donors (Lipinski definition) is 2. The molecule has 0 spiro atoms. The van der Waals surface area contributed by atoms with E-state index in [0.717, 1.165) is 58.0 Å². The predicted molar refractivity (Wildman–Crippen MR) is 122 cm³/mol. The highest BCUT2D eigenvalue weighted by molar-refractivity contribution is 5.83. The standard InChI is InChI=1S/C26H42N2O2/c1-20-9-12-23-25(2,22(20)11-10-21-13-18-30-19-21)14-8-15-26(23,3)24(29)28-17-7-5-4-6-16-27/h13,18-19,22-23H,1,4-12,14-17,27H2,2-3H3,(H,28,29)/p+1/t22-,23-,25-,26+/m0/s1. The third-order valence-corrected chi connectivity index (χ3v) is 8.30. The summed E-state index contributed by atoms with van der Waals surface area (Å²) in [6, 6.07) is 2.07. The molecule has 0 aliphatic heterocycles. The van der Waals surface area contributed by atoms with Crippen LogP contribution in [0.3, 0.4) is 0 Å². The molecule has 1 aromatic rings. The lowest BCUT2D eigenvalue weighted by Gasteiger charge is -2.58. The van der Waals surface area contributed by atoms with E-state index >= 15 is 0 Å². The van der Waals surface area contributed by atoms with Gasteiger partial charge in [-0.25, -0.2) is 0 Å². The summed E-state index contributed by atoms with van der Waals surface area (Å²) < 4.78 is 5.27. The van der Waals surface area contributed by atoms with Crippen molar-refractivity contribution in [1.29, 1.82) is 0 Å². The van der Waals surface area contributed by atoms with Crippen molar-refractivity contribution in [3.63, 3.8) is 0 Å². The van der Waals surface area contributed by atoms with Gasteiger partial charge in [0.25, 0.3) is 0 Å². The molecule has 0 bridgehead atoms. The van der Waals surface area contributed by atoms with Crippen LogP contribution in [0.15, 0.2) is 35.2 Å². The number of nitrogens with one attached hydrogen (secondary N) is 1. The van der Waals surface area contributed by atoms with Crippen LogP contribution in [-0.2, 0) is 11.2 Å². The number of quaternary nitrogens is 1. The number of fused-ring (bicyclic) bond motifs is 1. The van der Waals surface area contributed by atoms with Crippen molar-refractivity contribution in [2.75, 3.05) is 13.1 Å². The number of furan rings is 1. The lowest BCUT2D eigenvalue weighted by molar-refractivity contribution is -0.368. The van der Waals surface area contributed by atoms with Crippen LogP contribution in [0, 0.1) is 22.7 Å². The largest absolute Gasteiger partial charge is 0.472 e. The molecule has 168 valence electrons. The monoisotopic (exact) mass is 415 g/mol. The van der Waals surface area contributed by atoms with Crippen molar-refractivity contribution < 1.29 is 14.9 Å². The lowest BCUT2D eigenvalue weighted by Crippen LogP contribution is -2.56. The average Bonchev–Trinajstić information content (AvgIpc) is 3.23. The van der Waals surface area contributed by atoms with Crippen LogP contribution in [0.2, 0.25) is 0 Å². The van der Waals surface area contributed by atoms with Crippen molar-refractivity contribution >= 4 is 5.91 Å². The highest BCUT2D eigenvalue weighted by Crippen LogP contribution is 2.61. The molecule has 2 saturated carbocycles. The minimum atomic E-state index is -0.255. The van der Waals surface area contributed by atoms with Gasteiger partial charge in [0.2, 0.25) is 5.91 Å². The number of amides is 1. The second-order valence-corrected chi connectivity index (χ2v) is 10.3. The van der Waals surface area contributed by atoms with E-state index in [4.69, 9.17) is 4.42 Å². The summed E-state index contributed by atoms with van der Waals surface area (Å²) in [4.78, 5) is 13.4. The summed E-state index contributed by atoms with van der Waals surface area (Å²) in [6.45, 7) is 11.0.